The van der Waals surface area contributed by atoms with E-state index >= 15 is 0 Å². The van der Waals surface area contributed by atoms with E-state index in [-0.39, 0.29) is 15.8 Å². The van der Waals surface area contributed by atoms with Crippen molar-refractivity contribution in [3.63, 3.8) is 0 Å². The highest BCUT2D eigenvalue weighted by Gasteiger charge is 2.11. The predicted molar refractivity (Wildman–Crippen MR) is 94.4 cm³/mol. The van der Waals surface area contributed by atoms with Crippen LogP contribution in [0.25, 0.3) is 0 Å². The molecule has 0 radical (unpaired) electrons. The third-order valence-electron chi connectivity index (χ3n) is 2.61. The molecule has 2 N–H and O–H groups in total. The molecule has 2 aromatic carbocycles. The maximum absolute atomic E-state index is 10.7. The van der Waals surface area contributed by atoms with Crippen molar-refractivity contribution in [3.05, 3.63) is 61.6 Å². The zero-order chi connectivity index (χ0) is 16.3. The number of nitro benzene ring substituents is 1. The zero-order valence-corrected chi connectivity index (χ0v) is 13.9. The molecular weight excluding hydrogens is 369 g/mol. The molecule has 0 aliphatic rings. The van der Waals surface area contributed by atoms with Crippen molar-refractivity contribution in [3.8, 4) is 0 Å². The third-order valence-corrected chi connectivity index (χ3v) is 3.95. The Hall–Kier alpha value is -1.60. The molecule has 0 spiro atoms. The summed E-state index contributed by atoms with van der Waals surface area (Å²) in [5, 5.41) is 17.5. The SMILES string of the molecule is O=[N+]([O-])c1ccc(NC(=S)Nc2cccc(Cl)c2Cl)c(Cl)c1. The van der Waals surface area contributed by atoms with E-state index in [2.05, 4.69) is 10.6 Å². The second-order valence-electron chi connectivity index (χ2n) is 4.10. The minimum absolute atomic E-state index is 0.104. The molecule has 0 saturated carbocycles. The van der Waals surface area contributed by atoms with Crippen molar-refractivity contribution in [1.29, 1.82) is 0 Å². The average molecular weight is 377 g/mol. The van der Waals surface area contributed by atoms with Gasteiger partial charge in [-0.15, -0.1) is 0 Å². The summed E-state index contributed by atoms with van der Waals surface area (Å²) in [5.41, 5.74) is 0.861. The zero-order valence-electron chi connectivity index (χ0n) is 10.8. The number of non-ortho nitro benzene ring substituents is 1. The van der Waals surface area contributed by atoms with E-state index < -0.39 is 4.92 Å². The lowest BCUT2D eigenvalue weighted by atomic mass is 10.3. The number of thiocarbonyl (C=S) groups is 1. The molecule has 0 aromatic heterocycles. The molecule has 114 valence electrons. The molecule has 0 heterocycles. The molecule has 0 saturated heterocycles. The van der Waals surface area contributed by atoms with Gasteiger partial charge in [-0.1, -0.05) is 40.9 Å². The summed E-state index contributed by atoms with van der Waals surface area (Å²) in [7, 11) is 0. The van der Waals surface area contributed by atoms with Crippen molar-refractivity contribution in [2.75, 3.05) is 10.6 Å². The van der Waals surface area contributed by atoms with Crippen molar-refractivity contribution < 1.29 is 4.92 Å². The lowest BCUT2D eigenvalue weighted by Crippen LogP contribution is -2.19. The molecule has 0 aliphatic carbocycles. The van der Waals surface area contributed by atoms with Crippen LogP contribution in [0.15, 0.2) is 36.4 Å². The molecule has 0 unspecified atom stereocenters. The molecule has 0 amide bonds. The summed E-state index contributed by atoms with van der Waals surface area (Å²) < 4.78 is 0. The highest BCUT2D eigenvalue weighted by Crippen LogP contribution is 2.30. The van der Waals surface area contributed by atoms with Crippen LogP contribution in [-0.2, 0) is 0 Å². The minimum atomic E-state index is -0.530. The standard InChI is InChI=1S/C13H8Cl3N3O2S/c14-8-2-1-3-11(12(8)16)18-13(22)17-10-5-4-7(19(20)21)6-9(10)15/h1-6H,(H2,17,18,22). The van der Waals surface area contributed by atoms with E-state index in [1.807, 2.05) is 0 Å². The van der Waals surface area contributed by atoms with Crippen LogP contribution >= 0.6 is 47.0 Å². The number of anilines is 2. The van der Waals surface area contributed by atoms with Gasteiger partial charge in [0.25, 0.3) is 5.69 Å². The summed E-state index contributed by atoms with van der Waals surface area (Å²) in [4.78, 5) is 10.1. The number of nitro groups is 1. The lowest BCUT2D eigenvalue weighted by molar-refractivity contribution is -0.384. The second-order valence-corrected chi connectivity index (χ2v) is 5.70. The molecule has 22 heavy (non-hydrogen) atoms. The molecule has 5 nitrogen and oxygen atoms in total. The lowest BCUT2D eigenvalue weighted by Gasteiger charge is -2.13. The van der Waals surface area contributed by atoms with Gasteiger partial charge in [-0.3, -0.25) is 10.1 Å². The smallest absolute Gasteiger partial charge is 0.271 e. The first kappa shape index (κ1) is 16.8. The van der Waals surface area contributed by atoms with Gasteiger partial charge in [0.05, 0.1) is 31.4 Å². The van der Waals surface area contributed by atoms with Gasteiger partial charge in [0, 0.05) is 12.1 Å². The number of nitrogens with zero attached hydrogens (tertiary/aromatic N) is 1. The molecular formula is C13H8Cl3N3O2S. The fraction of sp³-hybridized carbons (Fsp3) is 0. The number of nitrogens with one attached hydrogen (secondary N) is 2. The van der Waals surface area contributed by atoms with Crippen molar-refractivity contribution in [2.24, 2.45) is 0 Å². The number of hydrogen-bond acceptors (Lipinski definition) is 3. The van der Waals surface area contributed by atoms with Crippen molar-refractivity contribution >= 4 is 69.2 Å². The van der Waals surface area contributed by atoms with Gasteiger partial charge in [-0.05, 0) is 30.4 Å². The van der Waals surface area contributed by atoms with Crippen LogP contribution in [0.4, 0.5) is 17.1 Å². The Morgan fingerprint density at radius 1 is 1.05 bits per heavy atom. The first-order chi connectivity index (χ1) is 10.4. The minimum Gasteiger partial charge on any atom is -0.331 e. The molecule has 0 fully saturated rings. The molecule has 2 rings (SSSR count). The van der Waals surface area contributed by atoms with E-state index in [1.165, 1.54) is 18.2 Å². The molecule has 0 atom stereocenters. The van der Waals surface area contributed by atoms with Gasteiger partial charge in [-0.2, -0.15) is 0 Å². The van der Waals surface area contributed by atoms with E-state index in [4.69, 9.17) is 47.0 Å². The van der Waals surface area contributed by atoms with Gasteiger partial charge < -0.3 is 10.6 Å². The number of rotatable bonds is 3. The summed E-state index contributed by atoms with van der Waals surface area (Å²) in [5.74, 6) is 0. The molecule has 0 bridgehead atoms. The van der Waals surface area contributed by atoms with Gasteiger partial charge in [0.2, 0.25) is 0 Å². The monoisotopic (exact) mass is 375 g/mol. The van der Waals surface area contributed by atoms with E-state index in [9.17, 15) is 10.1 Å². The Kier molecular flexibility index (Phi) is 5.42. The first-order valence-electron chi connectivity index (χ1n) is 5.84. The number of halogens is 3. The Morgan fingerprint density at radius 3 is 2.36 bits per heavy atom. The van der Waals surface area contributed by atoms with Gasteiger partial charge >= 0.3 is 0 Å². The topological polar surface area (TPSA) is 67.2 Å². The number of hydrogen-bond donors (Lipinski definition) is 2. The highest BCUT2D eigenvalue weighted by molar-refractivity contribution is 7.80. The molecule has 2 aromatic rings. The van der Waals surface area contributed by atoms with Gasteiger partial charge in [-0.25, -0.2) is 0 Å². The van der Waals surface area contributed by atoms with Crippen LogP contribution in [0.3, 0.4) is 0 Å². The van der Waals surface area contributed by atoms with Crippen LogP contribution in [0.5, 0.6) is 0 Å². The number of benzene rings is 2. The molecule has 9 heteroatoms. The first-order valence-corrected chi connectivity index (χ1v) is 7.38. The Labute approximate surface area is 146 Å². The average Bonchev–Trinajstić information content (AvgIpc) is 2.46. The maximum Gasteiger partial charge on any atom is 0.271 e. The maximum atomic E-state index is 10.7. The fourth-order valence-electron chi connectivity index (χ4n) is 1.60. The predicted octanol–water partition coefficient (Wildman–Crippen LogP) is 5.36. The van der Waals surface area contributed by atoms with Crippen molar-refractivity contribution in [1.82, 2.24) is 0 Å². The summed E-state index contributed by atoms with van der Waals surface area (Å²) >= 11 is 23.1. The van der Waals surface area contributed by atoms with E-state index in [0.29, 0.717) is 21.4 Å². The normalized spacial score (nSPS) is 10.1. The Morgan fingerprint density at radius 2 is 1.73 bits per heavy atom. The van der Waals surface area contributed by atoms with Gasteiger partial charge in [0.15, 0.2) is 5.11 Å². The fourth-order valence-corrected chi connectivity index (χ4v) is 2.38. The summed E-state index contributed by atoms with van der Waals surface area (Å²) in [6.07, 6.45) is 0. The van der Waals surface area contributed by atoms with Crippen LogP contribution in [0, 0.1) is 10.1 Å². The van der Waals surface area contributed by atoms with Crippen LogP contribution in [0.2, 0.25) is 15.1 Å². The van der Waals surface area contributed by atoms with Crippen LogP contribution in [-0.4, -0.2) is 10.0 Å². The summed E-state index contributed by atoms with van der Waals surface area (Å²) in [6.45, 7) is 0. The Balaban J connectivity index is 2.12. The third kappa shape index (κ3) is 3.98. The van der Waals surface area contributed by atoms with Crippen LogP contribution < -0.4 is 10.6 Å². The summed E-state index contributed by atoms with van der Waals surface area (Å²) in [6, 6.07) is 9.10. The van der Waals surface area contributed by atoms with E-state index in [1.54, 1.807) is 18.2 Å². The van der Waals surface area contributed by atoms with Gasteiger partial charge in [0.1, 0.15) is 0 Å². The largest absolute Gasteiger partial charge is 0.331 e. The van der Waals surface area contributed by atoms with Crippen LogP contribution in [0.1, 0.15) is 0 Å². The van der Waals surface area contributed by atoms with E-state index in [0.717, 1.165) is 0 Å². The van der Waals surface area contributed by atoms with Crippen molar-refractivity contribution in [2.45, 2.75) is 0 Å². The Bertz CT molecular complexity index is 755. The highest BCUT2D eigenvalue weighted by atomic mass is 35.5. The quantitative estimate of drug-likeness (QED) is 0.428. The second kappa shape index (κ2) is 7.11. The molecule has 0 aliphatic heterocycles.